The molecule has 18 heavy (non-hydrogen) atoms. The van der Waals surface area contributed by atoms with Crippen LogP contribution in [0.15, 0.2) is 16.8 Å². The average molecular weight is 246 g/mol. The van der Waals surface area contributed by atoms with Crippen LogP contribution in [0.1, 0.15) is 35.6 Å². The maximum Gasteiger partial charge on any atom is 0.134 e. The zero-order valence-corrected chi connectivity index (χ0v) is 11.1. The molecule has 2 aromatic rings. The van der Waals surface area contributed by atoms with E-state index in [9.17, 15) is 0 Å². The Morgan fingerprint density at radius 2 is 2.00 bits per heavy atom. The Morgan fingerprint density at radius 1 is 1.28 bits per heavy atom. The highest BCUT2D eigenvalue weighted by Crippen LogP contribution is 2.26. The molecule has 1 atom stereocenters. The second kappa shape index (κ2) is 4.68. The van der Waals surface area contributed by atoms with Gasteiger partial charge in [0.15, 0.2) is 0 Å². The maximum absolute atomic E-state index is 5.76. The summed E-state index contributed by atoms with van der Waals surface area (Å²) in [6, 6.07) is 2.14. The molecular weight excluding hydrogens is 228 g/mol. The van der Waals surface area contributed by atoms with Crippen molar-refractivity contribution in [3.8, 4) is 0 Å². The zero-order chi connectivity index (χ0) is 13.3. The van der Waals surface area contributed by atoms with E-state index in [4.69, 9.17) is 10.2 Å². The second-order valence-electron chi connectivity index (χ2n) is 4.47. The normalized spacial score (nSPS) is 12.4. The summed E-state index contributed by atoms with van der Waals surface area (Å²) in [4.78, 5) is 8.16. The highest BCUT2D eigenvalue weighted by molar-refractivity contribution is 5.54. The van der Waals surface area contributed by atoms with E-state index < -0.39 is 0 Å². The highest BCUT2D eigenvalue weighted by Gasteiger charge is 2.14. The summed E-state index contributed by atoms with van der Waals surface area (Å²) in [6.45, 7) is 7.87. The van der Waals surface area contributed by atoms with Gasteiger partial charge in [0.25, 0.3) is 0 Å². The van der Waals surface area contributed by atoms with Gasteiger partial charge in [-0.05, 0) is 33.8 Å². The van der Waals surface area contributed by atoms with Gasteiger partial charge in [0.1, 0.15) is 29.5 Å². The third-order valence-corrected chi connectivity index (χ3v) is 3.02. The fourth-order valence-corrected chi connectivity index (χ4v) is 1.97. The van der Waals surface area contributed by atoms with Crippen LogP contribution in [0.3, 0.4) is 0 Å². The minimum absolute atomic E-state index is 0.107. The molecule has 5 heteroatoms. The van der Waals surface area contributed by atoms with Crippen molar-refractivity contribution in [1.29, 1.82) is 0 Å². The number of aryl methyl sites for hydroxylation is 2. The Kier molecular flexibility index (Phi) is 3.23. The Bertz CT molecular complexity index is 562. The highest BCUT2D eigenvalue weighted by atomic mass is 16.3. The minimum atomic E-state index is 0.107. The number of nitrogens with zero attached hydrogens (tertiary/aromatic N) is 2. The van der Waals surface area contributed by atoms with Crippen LogP contribution in [-0.4, -0.2) is 9.97 Å². The van der Waals surface area contributed by atoms with Crippen LogP contribution in [0.2, 0.25) is 0 Å². The monoisotopic (exact) mass is 246 g/mol. The molecule has 1 unspecified atom stereocenters. The summed E-state index contributed by atoms with van der Waals surface area (Å²) < 4.78 is 5.53. The van der Waals surface area contributed by atoms with Gasteiger partial charge in [-0.1, -0.05) is 0 Å². The van der Waals surface area contributed by atoms with E-state index in [1.807, 2.05) is 26.8 Å². The number of nitrogens with one attached hydrogen (secondary N) is 1. The number of hydrogen-bond donors (Lipinski definition) is 2. The Morgan fingerprint density at radius 3 is 2.61 bits per heavy atom. The van der Waals surface area contributed by atoms with E-state index in [2.05, 4.69) is 22.2 Å². The van der Waals surface area contributed by atoms with Crippen LogP contribution in [0.25, 0.3) is 0 Å². The quantitative estimate of drug-likeness (QED) is 0.870. The number of hydrogen-bond acceptors (Lipinski definition) is 5. The summed E-state index contributed by atoms with van der Waals surface area (Å²) in [5, 5.41) is 3.33. The van der Waals surface area contributed by atoms with Crippen molar-refractivity contribution in [3.05, 3.63) is 35.0 Å². The molecule has 0 spiro atoms. The molecule has 5 nitrogen and oxygen atoms in total. The number of furan rings is 1. The number of nitrogens with two attached hydrogens (primary N) is 1. The summed E-state index contributed by atoms with van der Waals surface area (Å²) in [5.74, 6) is 3.09. The second-order valence-corrected chi connectivity index (χ2v) is 4.47. The van der Waals surface area contributed by atoms with Gasteiger partial charge in [-0.3, -0.25) is 0 Å². The molecule has 2 aromatic heterocycles. The van der Waals surface area contributed by atoms with Crippen LogP contribution < -0.4 is 11.1 Å². The first-order valence-electron chi connectivity index (χ1n) is 5.89. The third-order valence-electron chi connectivity index (χ3n) is 3.02. The first kappa shape index (κ1) is 12.4. The predicted octanol–water partition coefficient (Wildman–Crippen LogP) is 2.75. The van der Waals surface area contributed by atoms with Crippen molar-refractivity contribution in [2.75, 3.05) is 11.1 Å². The summed E-state index contributed by atoms with van der Waals surface area (Å²) in [7, 11) is 0. The molecule has 2 heterocycles. The van der Waals surface area contributed by atoms with Gasteiger partial charge in [-0.15, -0.1) is 0 Å². The molecule has 0 aliphatic rings. The van der Waals surface area contributed by atoms with Gasteiger partial charge < -0.3 is 15.5 Å². The molecule has 0 aliphatic heterocycles. The van der Waals surface area contributed by atoms with Crippen molar-refractivity contribution in [2.45, 2.75) is 33.7 Å². The molecular formula is C13H18N4O. The van der Waals surface area contributed by atoms with E-state index in [1.54, 1.807) is 0 Å². The molecule has 0 saturated carbocycles. The van der Waals surface area contributed by atoms with Crippen molar-refractivity contribution in [1.82, 2.24) is 9.97 Å². The topological polar surface area (TPSA) is 77.0 Å². The van der Waals surface area contributed by atoms with Gasteiger partial charge >= 0.3 is 0 Å². The first-order valence-corrected chi connectivity index (χ1v) is 5.89. The molecule has 96 valence electrons. The molecule has 0 aliphatic carbocycles. The lowest BCUT2D eigenvalue weighted by Gasteiger charge is -2.15. The average Bonchev–Trinajstić information content (AvgIpc) is 2.64. The fraction of sp³-hybridized carbons (Fsp3) is 0.385. The zero-order valence-electron chi connectivity index (χ0n) is 11.1. The van der Waals surface area contributed by atoms with Crippen LogP contribution in [0, 0.1) is 20.8 Å². The number of rotatable bonds is 3. The van der Waals surface area contributed by atoms with Gasteiger partial charge in [0.05, 0.1) is 6.04 Å². The lowest BCUT2D eigenvalue weighted by molar-refractivity contribution is 0.499. The van der Waals surface area contributed by atoms with Crippen LogP contribution in [-0.2, 0) is 0 Å². The Hall–Kier alpha value is -2.04. The van der Waals surface area contributed by atoms with Crippen molar-refractivity contribution >= 4 is 11.6 Å². The van der Waals surface area contributed by atoms with Crippen molar-refractivity contribution in [2.24, 2.45) is 0 Å². The molecule has 0 saturated heterocycles. The number of anilines is 2. The predicted molar refractivity (Wildman–Crippen MR) is 71.4 cm³/mol. The number of aromatic nitrogens is 2. The Balaban J connectivity index is 2.24. The third kappa shape index (κ3) is 2.30. The van der Waals surface area contributed by atoms with Crippen LogP contribution in [0.5, 0.6) is 0 Å². The lowest BCUT2D eigenvalue weighted by atomic mass is 10.1. The summed E-state index contributed by atoms with van der Waals surface area (Å²) in [6.07, 6.45) is 1.46. The van der Waals surface area contributed by atoms with Crippen molar-refractivity contribution < 1.29 is 4.42 Å². The van der Waals surface area contributed by atoms with E-state index in [0.29, 0.717) is 5.82 Å². The summed E-state index contributed by atoms with van der Waals surface area (Å²) in [5.41, 5.74) is 7.75. The summed E-state index contributed by atoms with van der Waals surface area (Å²) >= 11 is 0. The largest absolute Gasteiger partial charge is 0.466 e. The number of nitrogen functional groups attached to an aromatic ring is 1. The SMILES string of the molecule is Cc1cc(C(C)Nc2ncnc(N)c2C)c(C)o1. The van der Waals surface area contributed by atoms with Gasteiger partial charge in [0, 0.05) is 11.1 Å². The maximum atomic E-state index is 5.76. The fourth-order valence-electron chi connectivity index (χ4n) is 1.97. The smallest absolute Gasteiger partial charge is 0.134 e. The van der Waals surface area contributed by atoms with E-state index in [0.717, 1.165) is 28.5 Å². The van der Waals surface area contributed by atoms with Crippen molar-refractivity contribution in [3.63, 3.8) is 0 Å². The molecule has 0 radical (unpaired) electrons. The molecule has 3 N–H and O–H groups in total. The Labute approximate surface area is 106 Å². The van der Waals surface area contributed by atoms with Gasteiger partial charge in [-0.2, -0.15) is 0 Å². The van der Waals surface area contributed by atoms with Gasteiger partial charge in [0.2, 0.25) is 0 Å². The first-order chi connectivity index (χ1) is 8.49. The standard InChI is InChI=1S/C13H18N4O/c1-7-5-11(10(4)18-7)9(3)17-13-8(2)12(14)15-6-16-13/h5-6,9H,1-4H3,(H3,14,15,16,17). The minimum Gasteiger partial charge on any atom is -0.466 e. The molecule has 0 amide bonds. The van der Waals surface area contributed by atoms with E-state index >= 15 is 0 Å². The van der Waals surface area contributed by atoms with Gasteiger partial charge in [-0.25, -0.2) is 9.97 Å². The van der Waals surface area contributed by atoms with E-state index in [1.165, 1.54) is 6.33 Å². The molecule has 0 aromatic carbocycles. The molecule has 0 bridgehead atoms. The molecule has 0 fully saturated rings. The van der Waals surface area contributed by atoms with Crippen LogP contribution >= 0.6 is 0 Å². The molecule has 2 rings (SSSR count). The lowest BCUT2D eigenvalue weighted by Crippen LogP contribution is -2.11. The van der Waals surface area contributed by atoms with E-state index in [-0.39, 0.29) is 6.04 Å². The van der Waals surface area contributed by atoms with Crippen LogP contribution in [0.4, 0.5) is 11.6 Å².